The Morgan fingerprint density at radius 3 is 2.80 bits per heavy atom. The van der Waals surface area contributed by atoms with Crippen molar-refractivity contribution >= 4 is 16.8 Å². The van der Waals surface area contributed by atoms with Gasteiger partial charge in [0.2, 0.25) is 5.91 Å². The van der Waals surface area contributed by atoms with Gasteiger partial charge in [0, 0.05) is 43.5 Å². The smallest absolute Gasteiger partial charge is 0.224 e. The Balaban J connectivity index is 1.33. The van der Waals surface area contributed by atoms with Crippen molar-refractivity contribution in [2.24, 2.45) is 0 Å². The molecule has 3 aromatic rings. The van der Waals surface area contributed by atoms with E-state index in [1.165, 1.54) is 16.5 Å². The second-order valence-corrected chi connectivity index (χ2v) is 6.92. The third-order valence-electron chi connectivity index (χ3n) is 5.40. The minimum absolute atomic E-state index is 0.264. The van der Waals surface area contributed by atoms with Crippen molar-refractivity contribution in [3.63, 3.8) is 0 Å². The third-order valence-corrected chi connectivity index (χ3v) is 5.40. The Morgan fingerprint density at radius 1 is 1.24 bits per heavy atom. The first kappa shape index (κ1) is 15.9. The lowest BCUT2D eigenvalue weighted by Gasteiger charge is -2.32. The minimum Gasteiger partial charge on any atom is -0.347 e. The van der Waals surface area contributed by atoms with E-state index in [0.29, 0.717) is 12.3 Å². The molecule has 25 heavy (non-hydrogen) atoms. The summed E-state index contributed by atoms with van der Waals surface area (Å²) in [4.78, 5) is 14.6. The van der Waals surface area contributed by atoms with Gasteiger partial charge in [0.05, 0.1) is 6.20 Å². The molecule has 0 atom stereocenters. The zero-order valence-corrected chi connectivity index (χ0v) is 14.6. The zero-order valence-electron chi connectivity index (χ0n) is 14.6. The first-order chi connectivity index (χ1) is 12.2. The maximum Gasteiger partial charge on any atom is 0.224 e. The molecule has 2 aromatic heterocycles. The standard InChI is InChI=1S/C20H24N4O/c1-15-18(14-21-22-15)16-6-11-24(12-7-16)20(25)9-13-23-10-8-17-4-2-3-5-19(17)23/h2-5,8,10,14,16H,6-7,9,11-13H2,1H3,(H,21,22). The number of hydrogen-bond acceptors (Lipinski definition) is 2. The van der Waals surface area contributed by atoms with E-state index in [0.717, 1.165) is 38.2 Å². The summed E-state index contributed by atoms with van der Waals surface area (Å²) in [5.41, 5.74) is 3.67. The summed E-state index contributed by atoms with van der Waals surface area (Å²) in [5, 5.41) is 8.37. The molecule has 0 aliphatic carbocycles. The number of fused-ring (bicyclic) bond motifs is 1. The Labute approximate surface area is 147 Å². The van der Waals surface area contributed by atoms with Crippen LogP contribution in [0.1, 0.15) is 36.4 Å². The molecule has 1 fully saturated rings. The van der Waals surface area contributed by atoms with Crippen LogP contribution in [0.4, 0.5) is 0 Å². The van der Waals surface area contributed by atoms with Gasteiger partial charge in [-0.15, -0.1) is 0 Å². The fraction of sp³-hybridized carbons (Fsp3) is 0.400. The van der Waals surface area contributed by atoms with Crippen LogP contribution in [0.15, 0.2) is 42.7 Å². The van der Waals surface area contributed by atoms with Crippen LogP contribution in [0.25, 0.3) is 10.9 Å². The van der Waals surface area contributed by atoms with Gasteiger partial charge >= 0.3 is 0 Å². The zero-order chi connectivity index (χ0) is 17.2. The molecule has 1 aliphatic heterocycles. The Bertz CT molecular complexity index is 871. The second kappa shape index (κ2) is 6.75. The summed E-state index contributed by atoms with van der Waals surface area (Å²) in [6.45, 7) is 4.51. The van der Waals surface area contributed by atoms with Crippen molar-refractivity contribution in [2.75, 3.05) is 13.1 Å². The SMILES string of the molecule is Cc1[nH]ncc1C1CCN(C(=O)CCn2ccc3ccccc32)CC1. The van der Waals surface area contributed by atoms with Crippen molar-refractivity contribution in [1.29, 1.82) is 0 Å². The highest BCUT2D eigenvalue weighted by atomic mass is 16.2. The highest BCUT2D eigenvalue weighted by Crippen LogP contribution is 2.29. The maximum atomic E-state index is 12.6. The highest BCUT2D eigenvalue weighted by molar-refractivity contribution is 5.80. The number of nitrogens with one attached hydrogen (secondary N) is 1. The molecule has 0 radical (unpaired) electrons. The lowest BCUT2D eigenvalue weighted by molar-refractivity contribution is -0.132. The number of piperidine rings is 1. The normalized spacial score (nSPS) is 15.8. The molecular formula is C20H24N4O. The Hall–Kier alpha value is -2.56. The largest absolute Gasteiger partial charge is 0.347 e. The highest BCUT2D eigenvalue weighted by Gasteiger charge is 2.25. The number of H-pyrrole nitrogens is 1. The predicted molar refractivity (Wildman–Crippen MR) is 98.4 cm³/mol. The van der Waals surface area contributed by atoms with Gasteiger partial charge in [-0.05, 0) is 48.8 Å². The molecule has 1 amide bonds. The van der Waals surface area contributed by atoms with Gasteiger partial charge in [-0.25, -0.2) is 0 Å². The maximum absolute atomic E-state index is 12.6. The topological polar surface area (TPSA) is 53.9 Å². The van der Waals surface area contributed by atoms with Crippen LogP contribution in [-0.2, 0) is 11.3 Å². The minimum atomic E-state index is 0.264. The van der Waals surface area contributed by atoms with Crippen LogP contribution in [0, 0.1) is 6.92 Å². The second-order valence-electron chi connectivity index (χ2n) is 6.92. The van der Waals surface area contributed by atoms with E-state index in [-0.39, 0.29) is 5.91 Å². The molecule has 130 valence electrons. The van der Waals surface area contributed by atoms with E-state index in [4.69, 9.17) is 0 Å². The van der Waals surface area contributed by atoms with E-state index in [1.807, 2.05) is 23.2 Å². The van der Waals surface area contributed by atoms with E-state index >= 15 is 0 Å². The Kier molecular flexibility index (Phi) is 4.30. The molecule has 0 spiro atoms. The van der Waals surface area contributed by atoms with Gasteiger partial charge in [-0.2, -0.15) is 5.10 Å². The van der Waals surface area contributed by atoms with E-state index < -0.39 is 0 Å². The van der Waals surface area contributed by atoms with Crippen molar-refractivity contribution < 1.29 is 4.79 Å². The molecule has 3 heterocycles. The molecule has 0 bridgehead atoms. The van der Waals surface area contributed by atoms with Crippen molar-refractivity contribution in [1.82, 2.24) is 19.7 Å². The lowest BCUT2D eigenvalue weighted by atomic mass is 9.90. The van der Waals surface area contributed by atoms with Gasteiger partial charge in [0.1, 0.15) is 0 Å². The van der Waals surface area contributed by atoms with E-state index in [2.05, 4.69) is 46.1 Å². The number of amides is 1. The van der Waals surface area contributed by atoms with Gasteiger partial charge < -0.3 is 9.47 Å². The van der Waals surface area contributed by atoms with Crippen molar-refractivity contribution in [3.05, 3.63) is 54.0 Å². The molecule has 0 unspecified atom stereocenters. The summed E-state index contributed by atoms with van der Waals surface area (Å²) < 4.78 is 2.18. The summed E-state index contributed by atoms with van der Waals surface area (Å²) >= 11 is 0. The molecule has 5 heteroatoms. The number of aryl methyl sites for hydroxylation is 2. The first-order valence-electron chi connectivity index (χ1n) is 9.04. The van der Waals surface area contributed by atoms with Gasteiger partial charge in [0.15, 0.2) is 0 Å². The summed E-state index contributed by atoms with van der Waals surface area (Å²) in [6.07, 6.45) is 6.63. The van der Waals surface area contributed by atoms with Crippen LogP contribution in [0.2, 0.25) is 0 Å². The number of benzene rings is 1. The van der Waals surface area contributed by atoms with Crippen molar-refractivity contribution in [3.8, 4) is 0 Å². The molecule has 0 saturated carbocycles. The van der Waals surface area contributed by atoms with Gasteiger partial charge in [-0.1, -0.05) is 18.2 Å². The number of carbonyl (C=O) groups is 1. The molecule has 5 nitrogen and oxygen atoms in total. The molecule has 1 aliphatic rings. The van der Waals surface area contributed by atoms with Crippen LogP contribution in [0.3, 0.4) is 0 Å². The van der Waals surface area contributed by atoms with E-state index in [1.54, 1.807) is 0 Å². The third kappa shape index (κ3) is 3.18. The first-order valence-corrected chi connectivity index (χ1v) is 9.04. The molecule has 1 N–H and O–H groups in total. The lowest BCUT2D eigenvalue weighted by Crippen LogP contribution is -2.38. The van der Waals surface area contributed by atoms with Crippen LogP contribution in [0.5, 0.6) is 0 Å². The number of likely N-dealkylation sites (tertiary alicyclic amines) is 1. The van der Waals surface area contributed by atoms with E-state index in [9.17, 15) is 4.79 Å². The van der Waals surface area contributed by atoms with Crippen molar-refractivity contribution in [2.45, 2.75) is 38.6 Å². The number of hydrogen-bond donors (Lipinski definition) is 1. The van der Waals surface area contributed by atoms with Gasteiger partial charge in [-0.3, -0.25) is 9.89 Å². The van der Waals surface area contributed by atoms with Crippen LogP contribution >= 0.6 is 0 Å². The quantitative estimate of drug-likeness (QED) is 0.793. The molecule has 1 aromatic carbocycles. The average molecular weight is 336 g/mol. The fourth-order valence-electron chi connectivity index (χ4n) is 3.92. The predicted octanol–water partition coefficient (Wildman–Crippen LogP) is 3.47. The average Bonchev–Trinajstić information content (AvgIpc) is 3.26. The number of rotatable bonds is 4. The summed E-state index contributed by atoms with van der Waals surface area (Å²) in [7, 11) is 0. The molecular weight excluding hydrogens is 312 g/mol. The monoisotopic (exact) mass is 336 g/mol. The van der Waals surface area contributed by atoms with Crippen LogP contribution < -0.4 is 0 Å². The number of aromatic amines is 1. The number of para-hydroxylation sites is 1. The molecule has 4 rings (SSSR count). The molecule has 1 saturated heterocycles. The van der Waals surface area contributed by atoms with Gasteiger partial charge in [0.25, 0.3) is 0 Å². The number of carbonyl (C=O) groups excluding carboxylic acids is 1. The summed E-state index contributed by atoms with van der Waals surface area (Å²) in [6, 6.07) is 10.4. The summed E-state index contributed by atoms with van der Waals surface area (Å²) in [5.74, 6) is 0.788. The van der Waals surface area contributed by atoms with Crippen LogP contribution in [-0.4, -0.2) is 38.7 Å². The number of nitrogens with zero attached hydrogens (tertiary/aromatic N) is 3. The fourth-order valence-corrected chi connectivity index (χ4v) is 3.92. The number of aromatic nitrogens is 3. The Morgan fingerprint density at radius 2 is 2.04 bits per heavy atom.